The lowest BCUT2D eigenvalue weighted by Gasteiger charge is -2.22. The number of nitrogens with one attached hydrogen (secondary N) is 1. The zero-order chi connectivity index (χ0) is 46.5. The van der Waals surface area contributed by atoms with E-state index in [1.807, 2.05) is 0 Å². The first-order valence-electron chi connectivity index (χ1n) is 28.9. The highest BCUT2D eigenvalue weighted by Gasteiger charge is 2.20. The van der Waals surface area contributed by atoms with Crippen LogP contribution < -0.4 is 5.32 Å². The quantitative estimate of drug-likeness (QED) is 0.0321. The summed E-state index contributed by atoms with van der Waals surface area (Å²) in [7, 11) is 0. The first-order chi connectivity index (χ1) is 31.5. The number of allylic oxidation sites excluding steroid dienone is 2. The average Bonchev–Trinajstić information content (AvgIpc) is 3.29. The van der Waals surface area contributed by atoms with Crippen molar-refractivity contribution in [1.29, 1.82) is 0 Å². The Bertz CT molecular complexity index is 955. The molecule has 380 valence electrons. The van der Waals surface area contributed by atoms with Gasteiger partial charge >= 0.3 is 5.97 Å². The standard InChI is InChI=1S/C58H113NO5/c1-3-5-7-9-11-13-15-31-34-38-42-46-50-56(61)55(54-60)59-57(62)51-47-43-39-35-32-28-26-24-22-20-18-16-17-19-21-23-25-27-29-33-37-41-45-49-53-64-58(63)52-48-44-40-36-30-14-12-10-8-6-4-2/h18,20,55-56,60-61H,3-17,19,21-54H2,1-2H3,(H,59,62)/b20-18-. The Balaban J connectivity index is 3.39. The van der Waals surface area contributed by atoms with E-state index in [0.29, 0.717) is 25.9 Å². The summed E-state index contributed by atoms with van der Waals surface area (Å²) in [5, 5.41) is 23.2. The molecule has 0 saturated heterocycles. The molecule has 6 heteroatoms. The summed E-state index contributed by atoms with van der Waals surface area (Å²) < 4.78 is 5.46. The molecule has 2 atom stereocenters. The fourth-order valence-electron chi connectivity index (χ4n) is 9.11. The molecule has 0 aliphatic carbocycles. The minimum Gasteiger partial charge on any atom is -0.466 e. The molecule has 0 spiro atoms. The van der Waals surface area contributed by atoms with Gasteiger partial charge in [0.05, 0.1) is 25.4 Å². The van der Waals surface area contributed by atoms with Crippen LogP contribution >= 0.6 is 0 Å². The van der Waals surface area contributed by atoms with Gasteiger partial charge in [-0.15, -0.1) is 0 Å². The molecular weight excluding hydrogens is 791 g/mol. The van der Waals surface area contributed by atoms with Crippen molar-refractivity contribution in [2.45, 2.75) is 334 Å². The molecule has 0 aromatic heterocycles. The normalized spacial score (nSPS) is 12.6. The monoisotopic (exact) mass is 904 g/mol. The number of rotatable bonds is 54. The van der Waals surface area contributed by atoms with Crippen LogP contribution in [0.25, 0.3) is 0 Å². The summed E-state index contributed by atoms with van der Waals surface area (Å²) in [6.07, 6.45) is 63.5. The van der Waals surface area contributed by atoms with Gasteiger partial charge in [-0.1, -0.05) is 270 Å². The van der Waals surface area contributed by atoms with Gasteiger partial charge in [0.1, 0.15) is 0 Å². The molecule has 0 radical (unpaired) electrons. The largest absolute Gasteiger partial charge is 0.466 e. The number of hydrogen-bond donors (Lipinski definition) is 3. The molecule has 0 aromatic carbocycles. The number of aliphatic hydroxyl groups excluding tert-OH is 2. The molecule has 6 nitrogen and oxygen atoms in total. The van der Waals surface area contributed by atoms with Crippen LogP contribution in [0.5, 0.6) is 0 Å². The van der Waals surface area contributed by atoms with Crippen LogP contribution in [0.4, 0.5) is 0 Å². The lowest BCUT2D eigenvalue weighted by atomic mass is 10.0. The maximum absolute atomic E-state index is 12.4. The molecule has 1 amide bonds. The second-order valence-corrected chi connectivity index (χ2v) is 20.0. The van der Waals surface area contributed by atoms with Gasteiger partial charge in [-0.25, -0.2) is 0 Å². The van der Waals surface area contributed by atoms with Crippen molar-refractivity contribution in [3.05, 3.63) is 12.2 Å². The van der Waals surface area contributed by atoms with E-state index >= 15 is 0 Å². The Morgan fingerprint density at radius 2 is 0.734 bits per heavy atom. The smallest absolute Gasteiger partial charge is 0.305 e. The van der Waals surface area contributed by atoms with Crippen molar-refractivity contribution < 1.29 is 24.5 Å². The van der Waals surface area contributed by atoms with E-state index in [1.54, 1.807) is 0 Å². The fraction of sp³-hybridized carbons (Fsp3) is 0.931. The maximum atomic E-state index is 12.4. The third kappa shape index (κ3) is 50.0. The van der Waals surface area contributed by atoms with Crippen LogP contribution in [-0.4, -0.2) is 47.4 Å². The molecule has 0 saturated carbocycles. The van der Waals surface area contributed by atoms with E-state index < -0.39 is 12.1 Å². The Hall–Kier alpha value is -1.40. The van der Waals surface area contributed by atoms with E-state index in [-0.39, 0.29) is 18.5 Å². The third-order valence-electron chi connectivity index (χ3n) is 13.6. The number of ether oxygens (including phenoxy) is 1. The Labute approximate surface area is 399 Å². The molecule has 0 aliphatic rings. The third-order valence-corrected chi connectivity index (χ3v) is 13.6. The molecule has 0 rings (SSSR count). The van der Waals surface area contributed by atoms with Crippen molar-refractivity contribution in [2.24, 2.45) is 0 Å². The SMILES string of the molecule is CCCCCCCCCCCCCCC(O)C(CO)NC(=O)CCCCCCCCCC/C=C\CCCCCCCCCCCCCCOC(=O)CCCCCCCCCCCCC. The van der Waals surface area contributed by atoms with Gasteiger partial charge in [-0.05, 0) is 51.4 Å². The number of hydrogen-bond acceptors (Lipinski definition) is 5. The lowest BCUT2D eigenvalue weighted by Crippen LogP contribution is -2.45. The highest BCUT2D eigenvalue weighted by atomic mass is 16.5. The van der Waals surface area contributed by atoms with Crippen molar-refractivity contribution >= 4 is 11.9 Å². The first-order valence-corrected chi connectivity index (χ1v) is 28.9. The van der Waals surface area contributed by atoms with Crippen molar-refractivity contribution in [1.82, 2.24) is 5.32 Å². The zero-order valence-corrected chi connectivity index (χ0v) is 43.3. The minimum atomic E-state index is -0.665. The van der Waals surface area contributed by atoms with E-state index in [1.165, 1.54) is 250 Å². The van der Waals surface area contributed by atoms with Crippen molar-refractivity contribution in [3.63, 3.8) is 0 Å². The number of aliphatic hydroxyl groups is 2. The van der Waals surface area contributed by atoms with Crippen LogP contribution in [0.2, 0.25) is 0 Å². The highest BCUT2D eigenvalue weighted by Crippen LogP contribution is 2.17. The molecule has 0 aliphatic heterocycles. The molecule has 0 heterocycles. The number of unbranched alkanes of at least 4 members (excludes halogenated alkanes) is 41. The van der Waals surface area contributed by atoms with E-state index in [9.17, 15) is 19.8 Å². The Kier molecular flexibility index (Phi) is 53.0. The summed E-state index contributed by atoms with van der Waals surface area (Å²) in [5.41, 5.74) is 0. The van der Waals surface area contributed by atoms with Gasteiger partial charge in [-0.2, -0.15) is 0 Å². The van der Waals surface area contributed by atoms with E-state index in [0.717, 1.165) is 38.5 Å². The number of amides is 1. The van der Waals surface area contributed by atoms with Gasteiger partial charge in [0, 0.05) is 12.8 Å². The second-order valence-electron chi connectivity index (χ2n) is 20.0. The first kappa shape index (κ1) is 62.6. The van der Waals surface area contributed by atoms with Crippen LogP contribution in [0, 0.1) is 0 Å². The minimum absolute atomic E-state index is 0.0125. The highest BCUT2D eigenvalue weighted by molar-refractivity contribution is 5.76. The van der Waals surface area contributed by atoms with Crippen LogP contribution in [-0.2, 0) is 14.3 Å². The molecule has 64 heavy (non-hydrogen) atoms. The van der Waals surface area contributed by atoms with Gasteiger partial charge < -0.3 is 20.3 Å². The summed E-state index contributed by atoms with van der Waals surface area (Å²) in [4.78, 5) is 24.4. The Morgan fingerprint density at radius 1 is 0.422 bits per heavy atom. The molecule has 0 bridgehead atoms. The maximum Gasteiger partial charge on any atom is 0.305 e. The summed E-state index contributed by atoms with van der Waals surface area (Å²) in [6.45, 7) is 4.95. The van der Waals surface area contributed by atoms with Gasteiger partial charge in [0.15, 0.2) is 0 Å². The average molecular weight is 905 g/mol. The molecular formula is C58H113NO5. The molecule has 0 fully saturated rings. The zero-order valence-electron chi connectivity index (χ0n) is 43.3. The summed E-state index contributed by atoms with van der Waals surface area (Å²) in [5.74, 6) is -0.0264. The van der Waals surface area contributed by atoms with Crippen molar-refractivity contribution in [2.75, 3.05) is 13.2 Å². The van der Waals surface area contributed by atoms with Gasteiger partial charge in [0.2, 0.25) is 5.91 Å². The van der Waals surface area contributed by atoms with Crippen LogP contribution in [0.15, 0.2) is 12.2 Å². The topological polar surface area (TPSA) is 95.9 Å². The predicted octanol–water partition coefficient (Wildman–Crippen LogP) is 17.7. The molecule has 3 N–H and O–H groups in total. The van der Waals surface area contributed by atoms with Gasteiger partial charge in [0.25, 0.3) is 0 Å². The van der Waals surface area contributed by atoms with Crippen LogP contribution in [0.1, 0.15) is 322 Å². The van der Waals surface area contributed by atoms with E-state index in [4.69, 9.17) is 4.74 Å². The lowest BCUT2D eigenvalue weighted by molar-refractivity contribution is -0.143. The van der Waals surface area contributed by atoms with E-state index in [2.05, 4.69) is 31.3 Å². The molecule has 2 unspecified atom stereocenters. The number of carbonyl (C=O) groups excluding carboxylic acids is 2. The molecule has 0 aromatic rings. The number of carbonyl (C=O) groups is 2. The summed E-state index contributed by atoms with van der Waals surface area (Å²) >= 11 is 0. The Morgan fingerprint density at radius 3 is 1.11 bits per heavy atom. The summed E-state index contributed by atoms with van der Waals surface area (Å²) in [6, 6.07) is -0.542. The van der Waals surface area contributed by atoms with Crippen LogP contribution in [0.3, 0.4) is 0 Å². The fourth-order valence-corrected chi connectivity index (χ4v) is 9.11. The van der Waals surface area contributed by atoms with Crippen molar-refractivity contribution in [3.8, 4) is 0 Å². The predicted molar refractivity (Wildman–Crippen MR) is 278 cm³/mol. The number of esters is 1. The van der Waals surface area contributed by atoms with Gasteiger partial charge in [-0.3, -0.25) is 9.59 Å². The second kappa shape index (κ2) is 54.2.